The van der Waals surface area contributed by atoms with Crippen molar-refractivity contribution in [3.05, 3.63) is 12.7 Å². The molecule has 2 heteroatoms. The average molecular weight is 218 g/mol. The number of rotatable bonds is 1. The second-order valence-electron chi connectivity index (χ2n) is 3.54. The lowest BCUT2D eigenvalue weighted by Crippen LogP contribution is -2.46. The molecule has 3 rings (SSSR count). The van der Waals surface area contributed by atoms with Gasteiger partial charge >= 0.3 is 0 Å². The van der Waals surface area contributed by atoms with E-state index in [1.807, 2.05) is 0 Å². The molecule has 11 heavy (non-hydrogen) atoms. The molecule has 0 radical (unpaired) electrons. The minimum Gasteiger partial charge on any atom is -0.303 e. The third-order valence-electron chi connectivity index (χ3n) is 3.01. The highest BCUT2D eigenvalue weighted by Crippen LogP contribution is 2.32. The van der Waals surface area contributed by atoms with E-state index in [-0.39, 0.29) is 17.0 Å². The van der Waals surface area contributed by atoms with Crippen LogP contribution >= 0.6 is 17.0 Å². The van der Waals surface area contributed by atoms with Gasteiger partial charge in [-0.2, -0.15) is 0 Å². The normalized spacial score (nSPS) is 41.3. The van der Waals surface area contributed by atoms with Crippen LogP contribution < -0.4 is 0 Å². The van der Waals surface area contributed by atoms with E-state index < -0.39 is 0 Å². The Hall–Kier alpha value is 0.180. The minimum absolute atomic E-state index is 0. The van der Waals surface area contributed by atoms with Crippen molar-refractivity contribution in [1.29, 1.82) is 0 Å². The lowest BCUT2D eigenvalue weighted by Gasteiger charge is -2.43. The number of hydrogen-bond acceptors (Lipinski definition) is 1. The molecule has 0 aliphatic carbocycles. The van der Waals surface area contributed by atoms with Crippen LogP contribution in [0.4, 0.5) is 0 Å². The molecule has 0 spiro atoms. The Morgan fingerprint density at radius 1 is 1.27 bits per heavy atom. The number of hydrogen-bond donors (Lipinski definition) is 0. The van der Waals surface area contributed by atoms with Gasteiger partial charge in [0.05, 0.1) is 0 Å². The van der Waals surface area contributed by atoms with Crippen LogP contribution in [-0.2, 0) is 0 Å². The van der Waals surface area contributed by atoms with E-state index in [0.29, 0.717) is 0 Å². The zero-order valence-electron chi connectivity index (χ0n) is 6.83. The summed E-state index contributed by atoms with van der Waals surface area (Å²) in [5, 5.41) is 0. The Morgan fingerprint density at radius 3 is 2.18 bits per heavy atom. The van der Waals surface area contributed by atoms with Gasteiger partial charge in [-0.1, -0.05) is 6.08 Å². The second kappa shape index (κ2) is 3.72. The summed E-state index contributed by atoms with van der Waals surface area (Å²) < 4.78 is 0. The highest BCUT2D eigenvalue weighted by atomic mass is 79.9. The Bertz CT molecular complexity index is 138. The first-order valence-corrected chi connectivity index (χ1v) is 4.25. The van der Waals surface area contributed by atoms with Crippen LogP contribution in [0.5, 0.6) is 0 Å². The van der Waals surface area contributed by atoms with E-state index >= 15 is 0 Å². The molecule has 0 amide bonds. The smallest absolute Gasteiger partial charge is 0.00469 e. The molecule has 64 valence electrons. The molecule has 0 aromatic carbocycles. The Morgan fingerprint density at radius 2 is 1.91 bits per heavy atom. The standard InChI is InChI=1S/C9H15N.BrH/c1-2-8-7-10-5-3-9(8)4-6-10;/h2,8-9H,1,3-7H2;1H. The van der Waals surface area contributed by atoms with Crippen molar-refractivity contribution in [3.63, 3.8) is 0 Å². The first-order valence-electron chi connectivity index (χ1n) is 4.25. The van der Waals surface area contributed by atoms with Gasteiger partial charge in [0.15, 0.2) is 0 Å². The lowest BCUT2D eigenvalue weighted by atomic mass is 9.79. The number of piperidine rings is 3. The summed E-state index contributed by atoms with van der Waals surface area (Å²) >= 11 is 0. The van der Waals surface area contributed by atoms with Crippen molar-refractivity contribution in [2.75, 3.05) is 19.6 Å². The maximum atomic E-state index is 3.88. The molecule has 2 bridgehead atoms. The van der Waals surface area contributed by atoms with Crippen LogP contribution in [0.2, 0.25) is 0 Å². The molecule has 0 N–H and O–H groups in total. The summed E-state index contributed by atoms with van der Waals surface area (Å²) in [5.41, 5.74) is 0. The molecule has 0 aromatic rings. The van der Waals surface area contributed by atoms with Crippen LogP contribution in [0.25, 0.3) is 0 Å². The van der Waals surface area contributed by atoms with Gasteiger partial charge in [-0.05, 0) is 37.8 Å². The summed E-state index contributed by atoms with van der Waals surface area (Å²) in [5.74, 6) is 1.78. The van der Waals surface area contributed by atoms with E-state index in [1.54, 1.807) is 0 Å². The summed E-state index contributed by atoms with van der Waals surface area (Å²) in [6.07, 6.45) is 4.98. The fourth-order valence-electron chi connectivity index (χ4n) is 2.28. The van der Waals surface area contributed by atoms with Crippen LogP contribution in [0.15, 0.2) is 12.7 Å². The molecule has 1 unspecified atom stereocenters. The molecule has 0 saturated carbocycles. The zero-order valence-corrected chi connectivity index (χ0v) is 8.54. The van der Waals surface area contributed by atoms with Gasteiger partial charge in [-0.15, -0.1) is 23.6 Å². The van der Waals surface area contributed by atoms with Crippen molar-refractivity contribution < 1.29 is 0 Å². The highest BCUT2D eigenvalue weighted by molar-refractivity contribution is 8.93. The summed E-state index contributed by atoms with van der Waals surface area (Å²) in [7, 11) is 0. The van der Waals surface area contributed by atoms with Gasteiger partial charge in [0.2, 0.25) is 0 Å². The molecule has 3 aliphatic heterocycles. The van der Waals surface area contributed by atoms with Crippen LogP contribution in [0.1, 0.15) is 12.8 Å². The van der Waals surface area contributed by atoms with Gasteiger partial charge in [-0.25, -0.2) is 0 Å². The maximum absolute atomic E-state index is 3.88. The molecule has 3 heterocycles. The van der Waals surface area contributed by atoms with Gasteiger partial charge in [0, 0.05) is 6.54 Å². The molecule has 3 saturated heterocycles. The zero-order chi connectivity index (χ0) is 6.97. The van der Waals surface area contributed by atoms with Crippen molar-refractivity contribution in [2.24, 2.45) is 11.8 Å². The molecule has 0 aromatic heterocycles. The quantitative estimate of drug-likeness (QED) is 0.609. The van der Waals surface area contributed by atoms with Crippen molar-refractivity contribution in [3.8, 4) is 0 Å². The maximum Gasteiger partial charge on any atom is 0.00469 e. The van der Waals surface area contributed by atoms with Crippen molar-refractivity contribution >= 4 is 17.0 Å². The average Bonchev–Trinajstić information content (AvgIpc) is 2.06. The van der Waals surface area contributed by atoms with Crippen LogP contribution in [-0.4, -0.2) is 24.5 Å². The highest BCUT2D eigenvalue weighted by Gasteiger charge is 2.31. The number of halogens is 1. The third kappa shape index (κ3) is 1.67. The van der Waals surface area contributed by atoms with Crippen molar-refractivity contribution in [1.82, 2.24) is 4.90 Å². The molecule has 1 atom stereocenters. The van der Waals surface area contributed by atoms with Gasteiger partial charge < -0.3 is 4.90 Å². The Labute approximate surface area is 79.2 Å². The fraction of sp³-hybridized carbons (Fsp3) is 0.778. The van der Waals surface area contributed by atoms with Gasteiger partial charge in [0.1, 0.15) is 0 Å². The second-order valence-corrected chi connectivity index (χ2v) is 3.54. The first kappa shape index (κ1) is 9.27. The summed E-state index contributed by atoms with van der Waals surface area (Å²) in [6, 6.07) is 0. The largest absolute Gasteiger partial charge is 0.303 e. The predicted octanol–water partition coefficient (Wildman–Crippen LogP) is 2.09. The molecule has 3 aliphatic rings. The topological polar surface area (TPSA) is 3.24 Å². The predicted molar refractivity (Wildman–Crippen MR) is 53.2 cm³/mol. The SMILES string of the molecule is Br.C=CC1CN2CCC1CC2. The molecule has 3 fully saturated rings. The molecule has 1 nitrogen and oxygen atoms in total. The van der Waals surface area contributed by atoms with E-state index in [0.717, 1.165) is 11.8 Å². The van der Waals surface area contributed by atoms with Gasteiger partial charge in [0.25, 0.3) is 0 Å². The third-order valence-corrected chi connectivity index (χ3v) is 3.01. The van der Waals surface area contributed by atoms with E-state index in [2.05, 4.69) is 17.6 Å². The van der Waals surface area contributed by atoms with Crippen LogP contribution in [0.3, 0.4) is 0 Å². The van der Waals surface area contributed by atoms with E-state index in [4.69, 9.17) is 0 Å². The van der Waals surface area contributed by atoms with Crippen LogP contribution in [0, 0.1) is 11.8 Å². The Kier molecular flexibility index (Phi) is 3.14. The number of fused-ring (bicyclic) bond motifs is 3. The summed E-state index contributed by atoms with van der Waals surface area (Å²) in [6.45, 7) is 7.85. The number of nitrogens with zero attached hydrogens (tertiary/aromatic N) is 1. The Balaban J connectivity index is 0.000000605. The van der Waals surface area contributed by atoms with Gasteiger partial charge in [-0.3, -0.25) is 0 Å². The fourth-order valence-corrected chi connectivity index (χ4v) is 2.28. The molecular formula is C9H16BrN. The summed E-state index contributed by atoms with van der Waals surface area (Å²) in [4.78, 5) is 2.56. The van der Waals surface area contributed by atoms with E-state index in [9.17, 15) is 0 Å². The molecular weight excluding hydrogens is 202 g/mol. The lowest BCUT2D eigenvalue weighted by molar-refractivity contribution is 0.0738. The van der Waals surface area contributed by atoms with Crippen molar-refractivity contribution in [2.45, 2.75) is 12.8 Å². The van der Waals surface area contributed by atoms with E-state index in [1.165, 1.54) is 32.5 Å². The first-order chi connectivity index (χ1) is 4.90. The monoisotopic (exact) mass is 217 g/mol. The minimum atomic E-state index is 0.